The first-order valence-corrected chi connectivity index (χ1v) is 10.6. The predicted molar refractivity (Wildman–Crippen MR) is 141 cm³/mol. The number of hydrogen-bond donors (Lipinski definition) is 3. The molecule has 9 heteroatoms. The van der Waals surface area contributed by atoms with Crippen LogP contribution in [0.2, 0.25) is 5.02 Å². The molecule has 0 saturated carbocycles. The van der Waals surface area contributed by atoms with E-state index in [0.717, 1.165) is 29.6 Å². The minimum atomic E-state index is -0.205. The number of carbonyl (C=O) groups excluding carboxylic acids is 1. The molecule has 0 aliphatic carbocycles. The van der Waals surface area contributed by atoms with E-state index < -0.39 is 0 Å². The molecular weight excluding hydrogens is 539 g/mol. The number of hydrogen-bond acceptors (Lipinski definition) is 3. The molecule has 1 amide bonds. The van der Waals surface area contributed by atoms with Crippen LogP contribution in [0.25, 0.3) is 11.3 Å². The van der Waals surface area contributed by atoms with Crippen LogP contribution in [-0.2, 0) is 6.54 Å². The van der Waals surface area contributed by atoms with E-state index in [-0.39, 0.29) is 29.9 Å². The van der Waals surface area contributed by atoms with Crippen LogP contribution in [0.15, 0.2) is 65.8 Å². The standard InChI is InChI=1S/C23H27ClN6O.HI/c1-3-25-23(27-14-13-26-22(31)18-11-7-8-12-19(18)24)30(2)16-21-28-15-20(29-21)17-9-5-4-6-10-17;/h4-12,15H,3,13-14,16H2,1-2H3,(H,25,27)(H,26,31)(H,28,29);1H. The highest BCUT2D eigenvalue weighted by atomic mass is 127. The molecule has 1 aromatic heterocycles. The smallest absolute Gasteiger partial charge is 0.252 e. The third kappa shape index (κ3) is 7.23. The summed E-state index contributed by atoms with van der Waals surface area (Å²) in [5.41, 5.74) is 2.54. The van der Waals surface area contributed by atoms with Gasteiger partial charge in [-0.3, -0.25) is 9.79 Å². The summed E-state index contributed by atoms with van der Waals surface area (Å²) in [5.74, 6) is 1.38. The first-order valence-electron chi connectivity index (χ1n) is 10.2. The Kier molecular flexibility index (Phi) is 10.5. The number of aromatic nitrogens is 2. The molecule has 0 aliphatic rings. The average molecular weight is 567 g/mol. The van der Waals surface area contributed by atoms with Gasteiger partial charge in [0.05, 0.1) is 35.6 Å². The number of rotatable bonds is 8. The van der Waals surface area contributed by atoms with Crippen molar-refractivity contribution in [2.75, 3.05) is 26.7 Å². The van der Waals surface area contributed by atoms with Gasteiger partial charge < -0.3 is 20.5 Å². The molecule has 0 saturated heterocycles. The first kappa shape index (κ1) is 25.7. The molecule has 0 fully saturated rings. The van der Waals surface area contributed by atoms with Gasteiger partial charge in [-0.05, 0) is 24.6 Å². The first-order chi connectivity index (χ1) is 15.1. The Morgan fingerprint density at radius 3 is 2.56 bits per heavy atom. The highest BCUT2D eigenvalue weighted by Gasteiger charge is 2.11. The van der Waals surface area contributed by atoms with E-state index >= 15 is 0 Å². The SMILES string of the molecule is CCNC(=NCCNC(=O)c1ccccc1Cl)N(C)Cc1ncc(-c2ccccc2)[nH]1.I. The Bertz CT molecular complexity index is 1020. The van der Waals surface area contributed by atoms with Crippen LogP contribution in [0.4, 0.5) is 0 Å². The summed E-state index contributed by atoms with van der Waals surface area (Å²) in [5, 5.41) is 6.56. The van der Waals surface area contributed by atoms with Crippen LogP contribution in [0.5, 0.6) is 0 Å². The van der Waals surface area contributed by atoms with Gasteiger partial charge in [0.1, 0.15) is 5.82 Å². The maximum absolute atomic E-state index is 12.2. The minimum absolute atomic E-state index is 0. The fraction of sp³-hybridized carbons (Fsp3) is 0.261. The Morgan fingerprint density at radius 2 is 1.84 bits per heavy atom. The molecule has 0 bridgehead atoms. The zero-order valence-electron chi connectivity index (χ0n) is 18.1. The molecule has 0 unspecified atom stereocenters. The van der Waals surface area contributed by atoms with Crippen molar-refractivity contribution in [3.63, 3.8) is 0 Å². The Hall–Kier alpha value is -2.59. The zero-order valence-corrected chi connectivity index (χ0v) is 21.2. The lowest BCUT2D eigenvalue weighted by molar-refractivity contribution is 0.0955. The van der Waals surface area contributed by atoms with Gasteiger partial charge in [0.15, 0.2) is 5.96 Å². The van der Waals surface area contributed by atoms with Gasteiger partial charge in [-0.1, -0.05) is 54.1 Å². The number of H-pyrrole nitrogens is 1. The summed E-state index contributed by atoms with van der Waals surface area (Å²) in [4.78, 5) is 26.7. The molecule has 170 valence electrons. The number of imidazole rings is 1. The molecule has 3 aromatic rings. The highest BCUT2D eigenvalue weighted by molar-refractivity contribution is 14.0. The topological polar surface area (TPSA) is 85.4 Å². The third-order valence-corrected chi connectivity index (χ3v) is 4.90. The summed E-state index contributed by atoms with van der Waals surface area (Å²) in [6.07, 6.45) is 1.84. The summed E-state index contributed by atoms with van der Waals surface area (Å²) < 4.78 is 0. The molecule has 0 spiro atoms. The number of aromatic amines is 1. The molecule has 3 rings (SSSR count). The molecule has 0 atom stereocenters. The van der Waals surface area contributed by atoms with Crippen LogP contribution >= 0.6 is 35.6 Å². The number of benzene rings is 2. The monoisotopic (exact) mass is 566 g/mol. The van der Waals surface area contributed by atoms with Crippen molar-refractivity contribution in [2.24, 2.45) is 4.99 Å². The van der Waals surface area contributed by atoms with Gasteiger partial charge >= 0.3 is 0 Å². The maximum Gasteiger partial charge on any atom is 0.252 e. The van der Waals surface area contributed by atoms with Crippen molar-refractivity contribution in [1.82, 2.24) is 25.5 Å². The van der Waals surface area contributed by atoms with Crippen molar-refractivity contribution in [3.8, 4) is 11.3 Å². The Balaban J connectivity index is 0.00000363. The van der Waals surface area contributed by atoms with Gasteiger partial charge in [0.25, 0.3) is 5.91 Å². The van der Waals surface area contributed by atoms with Crippen molar-refractivity contribution >= 4 is 47.4 Å². The Labute approximate surface area is 210 Å². The van der Waals surface area contributed by atoms with E-state index in [1.54, 1.807) is 24.3 Å². The summed E-state index contributed by atoms with van der Waals surface area (Å²) in [6.45, 7) is 4.18. The van der Waals surface area contributed by atoms with Crippen molar-refractivity contribution in [3.05, 3.63) is 77.2 Å². The summed E-state index contributed by atoms with van der Waals surface area (Å²) >= 11 is 6.07. The van der Waals surface area contributed by atoms with Crippen LogP contribution in [0, 0.1) is 0 Å². The lowest BCUT2D eigenvalue weighted by Gasteiger charge is -2.21. The molecule has 1 heterocycles. The summed E-state index contributed by atoms with van der Waals surface area (Å²) in [6, 6.07) is 17.1. The fourth-order valence-electron chi connectivity index (χ4n) is 3.05. The molecule has 0 radical (unpaired) electrons. The summed E-state index contributed by atoms with van der Waals surface area (Å²) in [7, 11) is 1.95. The fourth-order valence-corrected chi connectivity index (χ4v) is 3.27. The van der Waals surface area contributed by atoms with Gasteiger partial charge in [-0.25, -0.2) is 4.98 Å². The number of amides is 1. The van der Waals surface area contributed by atoms with E-state index in [0.29, 0.717) is 30.2 Å². The third-order valence-electron chi connectivity index (χ3n) is 4.57. The van der Waals surface area contributed by atoms with Gasteiger partial charge in [-0.15, -0.1) is 24.0 Å². The normalized spacial score (nSPS) is 10.9. The highest BCUT2D eigenvalue weighted by Crippen LogP contribution is 2.16. The van der Waals surface area contributed by atoms with Gasteiger partial charge in [0.2, 0.25) is 0 Å². The zero-order chi connectivity index (χ0) is 22.1. The van der Waals surface area contributed by atoms with E-state index in [2.05, 4.69) is 25.6 Å². The van der Waals surface area contributed by atoms with Crippen LogP contribution in [-0.4, -0.2) is 53.4 Å². The quantitative estimate of drug-likeness (QED) is 0.165. The molecule has 3 N–H and O–H groups in total. The van der Waals surface area contributed by atoms with Crippen molar-refractivity contribution < 1.29 is 4.79 Å². The number of aliphatic imine (C=N–C) groups is 1. The molecular formula is C23H28ClIN6O. The second-order valence-electron chi connectivity index (χ2n) is 6.94. The van der Waals surface area contributed by atoms with Crippen LogP contribution in [0.1, 0.15) is 23.1 Å². The van der Waals surface area contributed by atoms with Crippen LogP contribution < -0.4 is 10.6 Å². The number of carbonyl (C=O) groups is 1. The average Bonchev–Trinajstić information content (AvgIpc) is 3.25. The van der Waals surface area contributed by atoms with Crippen molar-refractivity contribution in [1.29, 1.82) is 0 Å². The largest absolute Gasteiger partial charge is 0.357 e. The van der Waals surface area contributed by atoms with E-state index in [4.69, 9.17) is 11.6 Å². The Morgan fingerprint density at radius 1 is 1.12 bits per heavy atom. The number of nitrogens with zero attached hydrogens (tertiary/aromatic N) is 3. The molecule has 2 aromatic carbocycles. The number of guanidine groups is 1. The maximum atomic E-state index is 12.2. The molecule has 0 aliphatic heterocycles. The van der Waals surface area contributed by atoms with E-state index in [9.17, 15) is 4.79 Å². The van der Waals surface area contributed by atoms with Gasteiger partial charge in [-0.2, -0.15) is 0 Å². The van der Waals surface area contributed by atoms with Gasteiger partial charge in [0, 0.05) is 20.1 Å². The van der Waals surface area contributed by atoms with Crippen molar-refractivity contribution in [2.45, 2.75) is 13.5 Å². The number of nitrogens with one attached hydrogen (secondary N) is 3. The van der Waals surface area contributed by atoms with E-state index in [1.165, 1.54) is 0 Å². The lowest BCUT2D eigenvalue weighted by Crippen LogP contribution is -2.39. The molecule has 32 heavy (non-hydrogen) atoms. The second-order valence-corrected chi connectivity index (χ2v) is 7.34. The minimum Gasteiger partial charge on any atom is -0.357 e. The van der Waals surface area contributed by atoms with E-state index in [1.807, 2.05) is 55.4 Å². The molecule has 7 nitrogen and oxygen atoms in total. The second kappa shape index (κ2) is 13.1. The predicted octanol–water partition coefficient (Wildman–Crippen LogP) is 4.18. The van der Waals surface area contributed by atoms with Crippen LogP contribution in [0.3, 0.4) is 0 Å². The number of halogens is 2. The lowest BCUT2D eigenvalue weighted by atomic mass is 10.2.